The first-order valence-electron chi connectivity index (χ1n) is 7.57. The van der Waals surface area contributed by atoms with Gasteiger partial charge in [-0.1, -0.05) is 48.0 Å². The van der Waals surface area contributed by atoms with Gasteiger partial charge in [0.2, 0.25) is 0 Å². The van der Waals surface area contributed by atoms with Gasteiger partial charge in [0.05, 0.1) is 18.1 Å². The number of aromatic nitrogens is 2. The Kier molecular flexibility index (Phi) is 4.81. The van der Waals surface area contributed by atoms with Crippen LogP contribution in [-0.2, 0) is 4.79 Å². The van der Waals surface area contributed by atoms with Crippen LogP contribution < -0.4 is 10.1 Å². The molecule has 0 atom stereocenters. The van der Waals surface area contributed by atoms with Crippen LogP contribution in [0.15, 0.2) is 67.0 Å². The Hall–Kier alpha value is -3.21. The summed E-state index contributed by atoms with van der Waals surface area (Å²) < 4.78 is 5.39. The van der Waals surface area contributed by atoms with Crippen LogP contribution >= 0.6 is 0 Å². The van der Waals surface area contributed by atoms with E-state index in [-0.39, 0.29) is 12.5 Å². The standard InChI is InChI=1S/C19H17N3O2/c1-14-7-9-15(10-8-14)19-20-11-16(12-21-19)22-18(23)13-24-17-5-3-2-4-6-17/h2-12H,13H2,1H3,(H,22,23). The van der Waals surface area contributed by atoms with Gasteiger partial charge >= 0.3 is 0 Å². The first-order valence-corrected chi connectivity index (χ1v) is 7.57. The number of amides is 1. The third kappa shape index (κ3) is 4.16. The molecule has 3 aromatic rings. The van der Waals surface area contributed by atoms with Gasteiger partial charge < -0.3 is 10.1 Å². The van der Waals surface area contributed by atoms with Crippen LogP contribution in [-0.4, -0.2) is 22.5 Å². The lowest BCUT2D eigenvalue weighted by molar-refractivity contribution is -0.118. The molecule has 1 N–H and O–H groups in total. The SMILES string of the molecule is Cc1ccc(-c2ncc(NC(=O)COc3ccccc3)cn2)cc1. The van der Waals surface area contributed by atoms with Crippen LogP contribution in [0.4, 0.5) is 5.69 Å². The highest BCUT2D eigenvalue weighted by molar-refractivity contribution is 5.91. The zero-order valence-electron chi connectivity index (χ0n) is 13.3. The second-order valence-corrected chi connectivity index (χ2v) is 5.31. The Balaban J connectivity index is 1.57. The molecule has 1 amide bonds. The van der Waals surface area contributed by atoms with E-state index in [1.165, 1.54) is 5.56 Å². The third-order valence-corrected chi connectivity index (χ3v) is 3.36. The minimum Gasteiger partial charge on any atom is -0.484 e. The number of benzene rings is 2. The Bertz CT molecular complexity index is 800. The van der Waals surface area contributed by atoms with Crippen molar-refractivity contribution in [3.63, 3.8) is 0 Å². The topological polar surface area (TPSA) is 64.1 Å². The van der Waals surface area contributed by atoms with Gasteiger partial charge in [0.15, 0.2) is 12.4 Å². The molecule has 3 rings (SSSR count). The largest absolute Gasteiger partial charge is 0.484 e. The summed E-state index contributed by atoms with van der Waals surface area (Å²) in [4.78, 5) is 20.5. The van der Waals surface area contributed by atoms with Gasteiger partial charge in [0, 0.05) is 5.56 Å². The van der Waals surface area contributed by atoms with Crippen molar-refractivity contribution in [2.45, 2.75) is 6.92 Å². The molecule has 2 aromatic carbocycles. The maximum atomic E-state index is 11.9. The van der Waals surface area contributed by atoms with E-state index in [4.69, 9.17) is 4.74 Å². The van der Waals surface area contributed by atoms with Gasteiger partial charge in [-0.3, -0.25) is 4.79 Å². The average Bonchev–Trinajstić information content (AvgIpc) is 2.62. The fraction of sp³-hybridized carbons (Fsp3) is 0.105. The molecule has 0 unspecified atom stereocenters. The number of aryl methyl sites for hydroxylation is 1. The van der Waals surface area contributed by atoms with Crippen LogP contribution in [0.2, 0.25) is 0 Å². The Morgan fingerprint density at radius 2 is 1.67 bits per heavy atom. The van der Waals surface area contributed by atoms with Crippen molar-refractivity contribution in [1.82, 2.24) is 9.97 Å². The van der Waals surface area contributed by atoms with Crippen LogP contribution in [0.3, 0.4) is 0 Å². The molecule has 0 fully saturated rings. The van der Waals surface area contributed by atoms with E-state index in [0.717, 1.165) is 5.56 Å². The van der Waals surface area contributed by atoms with Gasteiger partial charge in [-0.05, 0) is 19.1 Å². The van der Waals surface area contributed by atoms with E-state index in [9.17, 15) is 4.79 Å². The fourth-order valence-corrected chi connectivity index (χ4v) is 2.11. The van der Waals surface area contributed by atoms with E-state index in [0.29, 0.717) is 17.3 Å². The monoisotopic (exact) mass is 319 g/mol. The predicted octanol–water partition coefficient (Wildman–Crippen LogP) is 3.47. The highest BCUT2D eigenvalue weighted by Gasteiger charge is 2.06. The van der Waals surface area contributed by atoms with Crippen LogP contribution in [0, 0.1) is 6.92 Å². The first kappa shape index (κ1) is 15.7. The zero-order chi connectivity index (χ0) is 16.8. The summed E-state index contributed by atoms with van der Waals surface area (Å²) in [6, 6.07) is 17.1. The van der Waals surface area contributed by atoms with Gasteiger partial charge in [-0.25, -0.2) is 9.97 Å². The maximum Gasteiger partial charge on any atom is 0.262 e. The molecular weight excluding hydrogens is 302 g/mol. The normalized spacial score (nSPS) is 10.2. The lowest BCUT2D eigenvalue weighted by Crippen LogP contribution is -2.20. The minimum absolute atomic E-state index is 0.0657. The number of nitrogens with zero attached hydrogens (tertiary/aromatic N) is 2. The van der Waals surface area contributed by atoms with Crippen LogP contribution in [0.5, 0.6) is 5.75 Å². The smallest absolute Gasteiger partial charge is 0.262 e. The third-order valence-electron chi connectivity index (χ3n) is 3.36. The summed E-state index contributed by atoms with van der Waals surface area (Å²) >= 11 is 0. The van der Waals surface area contributed by atoms with Crippen molar-refractivity contribution in [2.24, 2.45) is 0 Å². The lowest BCUT2D eigenvalue weighted by Gasteiger charge is -2.07. The number of hydrogen-bond acceptors (Lipinski definition) is 4. The summed E-state index contributed by atoms with van der Waals surface area (Å²) in [5, 5.41) is 2.71. The molecule has 0 bridgehead atoms. The molecule has 1 heterocycles. The van der Waals surface area contributed by atoms with Gasteiger partial charge in [0.1, 0.15) is 5.75 Å². The van der Waals surface area contributed by atoms with Crippen molar-refractivity contribution in [2.75, 3.05) is 11.9 Å². The maximum absolute atomic E-state index is 11.9. The summed E-state index contributed by atoms with van der Waals surface area (Å²) in [5.74, 6) is 1.01. The summed E-state index contributed by atoms with van der Waals surface area (Å²) in [6.07, 6.45) is 3.17. The number of anilines is 1. The summed E-state index contributed by atoms with van der Waals surface area (Å²) in [6.45, 7) is 1.96. The van der Waals surface area contributed by atoms with Gasteiger partial charge in [-0.15, -0.1) is 0 Å². The van der Waals surface area contributed by atoms with Crippen molar-refractivity contribution in [1.29, 1.82) is 0 Å². The fourth-order valence-electron chi connectivity index (χ4n) is 2.11. The van der Waals surface area contributed by atoms with Crippen molar-refractivity contribution in [3.05, 3.63) is 72.6 Å². The lowest BCUT2D eigenvalue weighted by atomic mass is 10.1. The second-order valence-electron chi connectivity index (χ2n) is 5.31. The summed E-state index contributed by atoms with van der Waals surface area (Å²) in [5.41, 5.74) is 2.65. The molecule has 0 aliphatic rings. The van der Waals surface area contributed by atoms with E-state index < -0.39 is 0 Å². The highest BCUT2D eigenvalue weighted by atomic mass is 16.5. The van der Waals surface area contributed by atoms with E-state index >= 15 is 0 Å². The quantitative estimate of drug-likeness (QED) is 0.782. The molecule has 1 aromatic heterocycles. The molecule has 0 aliphatic carbocycles. The van der Waals surface area contributed by atoms with Gasteiger partial charge in [-0.2, -0.15) is 0 Å². The number of para-hydroxylation sites is 1. The Morgan fingerprint density at radius 3 is 2.33 bits per heavy atom. The van der Waals surface area contributed by atoms with E-state index in [1.807, 2.05) is 49.4 Å². The Labute approximate surface area is 140 Å². The average molecular weight is 319 g/mol. The molecule has 0 saturated carbocycles. The number of carbonyl (C=O) groups is 1. The molecule has 5 heteroatoms. The molecule has 5 nitrogen and oxygen atoms in total. The number of hydrogen-bond donors (Lipinski definition) is 1. The van der Waals surface area contributed by atoms with E-state index in [1.54, 1.807) is 24.5 Å². The predicted molar refractivity (Wildman–Crippen MR) is 92.8 cm³/mol. The number of nitrogens with one attached hydrogen (secondary N) is 1. The highest BCUT2D eigenvalue weighted by Crippen LogP contribution is 2.16. The van der Waals surface area contributed by atoms with E-state index in [2.05, 4.69) is 15.3 Å². The van der Waals surface area contributed by atoms with Crippen molar-refractivity contribution < 1.29 is 9.53 Å². The Morgan fingerprint density at radius 1 is 1.00 bits per heavy atom. The first-order chi connectivity index (χ1) is 11.7. The van der Waals surface area contributed by atoms with Gasteiger partial charge in [0.25, 0.3) is 5.91 Å². The van der Waals surface area contributed by atoms with Crippen LogP contribution in [0.25, 0.3) is 11.4 Å². The molecule has 0 aliphatic heterocycles. The molecule has 0 saturated heterocycles. The van der Waals surface area contributed by atoms with Crippen molar-refractivity contribution >= 4 is 11.6 Å². The number of ether oxygens (including phenoxy) is 1. The zero-order valence-corrected chi connectivity index (χ0v) is 13.3. The molecule has 0 spiro atoms. The molecule has 0 radical (unpaired) electrons. The molecule has 24 heavy (non-hydrogen) atoms. The number of rotatable bonds is 5. The molecular formula is C19H17N3O2. The van der Waals surface area contributed by atoms with Crippen LogP contribution in [0.1, 0.15) is 5.56 Å². The van der Waals surface area contributed by atoms with Crippen molar-refractivity contribution in [3.8, 4) is 17.1 Å². The summed E-state index contributed by atoms with van der Waals surface area (Å²) in [7, 11) is 0. The minimum atomic E-state index is -0.259. The number of carbonyl (C=O) groups excluding carboxylic acids is 1. The second kappa shape index (κ2) is 7.37. The molecule has 120 valence electrons.